The van der Waals surface area contributed by atoms with Crippen LogP contribution in [0.5, 0.6) is 0 Å². The second kappa shape index (κ2) is 4.41. The summed E-state index contributed by atoms with van der Waals surface area (Å²) in [5.74, 6) is -0.429. The zero-order chi connectivity index (χ0) is 10.7. The number of carbonyl (C=O) groups is 1. The van der Waals surface area contributed by atoms with Gasteiger partial charge in [0.05, 0.1) is 5.69 Å². The second-order valence-corrected chi connectivity index (χ2v) is 4.33. The summed E-state index contributed by atoms with van der Waals surface area (Å²) in [4.78, 5) is 10.9. The quantitative estimate of drug-likeness (QED) is 0.806. The van der Waals surface area contributed by atoms with Crippen molar-refractivity contribution in [2.45, 2.75) is 20.8 Å². The number of aromatic carboxylic acids is 1. The molecule has 14 heavy (non-hydrogen) atoms. The van der Waals surface area contributed by atoms with E-state index in [2.05, 4.69) is 23.5 Å². The first kappa shape index (κ1) is 11.0. The van der Waals surface area contributed by atoms with E-state index < -0.39 is 5.97 Å². The number of aromatic nitrogens is 1. The van der Waals surface area contributed by atoms with Gasteiger partial charge < -0.3 is 10.4 Å². The van der Waals surface area contributed by atoms with Crippen LogP contribution in [0, 0.1) is 12.8 Å². The first-order valence-electron chi connectivity index (χ1n) is 4.45. The Kier molecular flexibility index (Phi) is 3.46. The van der Waals surface area contributed by atoms with Crippen molar-refractivity contribution in [2.75, 3.05) is 11.9 Å². The van der Waals surface area contributed by atoms with Gasteiger partial charge in [-0.15, -0.1) is 0 Å². The van der Waals surface area contributed by atoms with Crippen molar-refractivity contribution in [1.29, 1.82) is 0 Å². The van der Waals surface area contributed by atoms with Gasteiger partial charge in [-0.25, -0.2) is 4.79 Å². The summed E-state index contributed by atoms with van der Waals surface area (Å²) < 4.78 is 4.01. The molecule has 1 aromatic heterocycles. The van der Waals surface area contributed by atoms with Gasteiger partial charge in [0, 0.05) is 6.54 Å². The van der Waals surface area contributed by atoms with E-state index in [4.69, 9.17) is 5.11 Å². The third-order valence-corrected chi connectivity index (χ3v) is 2.64. The van der Waals surface area contributed by atoms with Gasteiger partial charge in [-0.1, -0.05) is 13.8 Å². The molecule has 0 unspecified atom stereocenters. The molecule has 1 aromatic rings. The number of rotatable bonds is 4. The van der Waals surface area contributed by atoms with Crippen molar-refractivity contribution in [3.05, 3.63) is 11.3 Å². The first-order chi connectivity index (χ1) is 6.52. The Morgan fingerprint density at radius 2 is 2.29 bits per heavy atom. The number of nitrogens with one attached hydrogen (secondary N) is 1. The predicted octanol–water partition coefficient (Wildman–Crippen LogP) is 2.22. The Balaban J connectivity index is 2.81. The van der Waals surface area contributed by atoms with Gasteiger partial charge in [-0.05, 0) is 24.4 Å². The molecular formula is C9H14N2O2S. The smallest absolute Gasteiger partial charge is 0.340 e. The van der Waals surface area contributed by atoms with Gasteiger partial charge in [0.25, 0.3) is 0 Å². The van der Waals surface area contributed by atoms with Crippen LogP contribution in [0.15, 0.2) is 0 Å². The molecule has 0 saturated heterocycles. The molecule has 78 valence electrons. The molecule has 0 saturated carbocycles. The lowest BCUT2D eigenvalue weighted by molar-refractivity contribution is 0.0697. The Bertz CT molecular complexity index is 334. The van der Waals surface area contributed by atoms with Gasteiger partial charge in [0.15, 0.2) is 0 Å². The monoisotopic (exact) mass is 214 g/mol. The van der Waals surface area contributed by atoms with Gasteiger partial charge in [-0.3, -0.25) is 0 Å². The van der Waals surface area contributed by atoms with Crippen LogP contribution in [-0.2, 0) is 0 Å². The summed E-state index contributed by atoms with van der Waals surface area (Å²) >= 11 is 1.20. The van der Waals surface area contributed by atoms with Crippen LogP contribution in [0.2, 0.25) is 0 Å². The number of aryl methyl sites for hydroxylation is 1. The van der Waals surface area contributed by atoms with Crippen molar-refractivity contribution in [3.63, 3.8) is 0 Å². The third-order valence-electron chi connectivity index (χ3n) is 1.75. The fraction of sp³-hybridized carbons (Fsp3) is 0.556. The molecule has 5 heteroatoms. The van der Waals surface area contributed by atoms with Gasteiger partial charge >= 0.3 is 5.97 Å². The molecule has 0 bridgehead atoms. The lowest BCUT2D eigenvalue weighted by Crippen LogP contribution is -2.10. The van der Waals surface area contributed by atoms with Crippen LogP contribution in [0.3, 0.4) is 0 Å². The van der Waals surface area contributed by atoms with Crippen LogP contribution in [0.4, 0.5) is 5.00 Å². The molecular weight excluding hydrogens is 200 g/mol. The normalized spacial score (nSPS) is 10.6. The summed E-state index contributed by atoms with van der Waals surface area (Å²) in [6.45, 7) is 6.62. The third kappa shape index (κ3) is 2.45. The molecule has 0 spiro atoms. The highest BCUT2D eigenvalue weighted by atomic mass is 32.1. The highest BCUT2D eigenvalue weighted by Gasteiger charge is 2.16. The van der Waals surface area contributed by atoms with E-state index in [1.54, 1.807) is 6.92 Å². The molecule has 0 aliphatic rings. The first-order valence-corrected chi connectivity index (χ1v) is 5.23. The lowest BCUT2D eigenvalue weighted by atomic mass is 10.2. The molecule has 0 aliphatic heterocycles. The maximum atomic E-state index is 10.9. The number of hydrogen-bond acceptors (Lipinski definition) is 4. The predicted molar refractivity (Wildman–Crippen MR) is 57.1 cm³/mol. The standard InChI is InChI=1S/C9H14N2O2S/c1-5(2)4-10-8-7(9(12)13)6(3)11-14-8/h5,10H,4H2,1-3H3,(H,12,13). The molecule has 0 aliphatic carbocycles. The van der Waals surface area contributed by atoms with Gasteiger partial charge in [-0.2, -0.15) is 4.37 Å². The molecule has 0 aromatic carbocycles. The maximum absolute atomic E-state index is 10.9. The van der Waals surface area contributed by atoms with Crippen molar-refractivity contribution in [3.8, 4) is 0 Å². The number of nitrogens with zero attached hydrogens (tertiary/aromatic N) is 1. The molecule has 0 amide bonds. The van der Waals surface area contributed by atoms with Crippen molar-refractivity contribution in [1.82, 2.24) is 4.37 Å². The maximum Gasteiger partial charge on any atom is 0.340 e. The summed E-state index contributed by atoms with van der Waals surface area (Å²) in [6, 6.07) is 0. The number of anilines is 1. The average molecular weight is 214 g/mol. The largest absolute Gasteiger partial charge is 0.478 e. The van der Waals surface area contributed by atoms with Crippen LogP contribution in [0.25, 0.3) is 0 Å². The van der Waals surface area contributed by atoms with Crippen molar-refractivity contribution < 1.29 is 9.90 Å². The number of carboxylic acid groups (broad SMARTS) is 1. The highest BCUT2D eigenvalue weighted by Crippen LogP contribution is 2.24. The average Bonchev–Trinajstić information content (AvgIpc) is 2.43. The number of hydrogen-bond donors (Lipinski definition) is 2. The molecule has 2 N–H and O–H groups in total. The minimum Gasteiger partial charge on any atom is -0.478 e. The SMILES string of the molecule is Cc1nsc(NCC(C)C)c1C(=O)O. The second-order valence-electron chi connectivity index (χ2n) is 3.55. The van der Waals surface area contributed by atoms with Crippen LogP contribution in [0.1, 0.15) is 29.9 Å². The van der Waals surface area contributed by atoms with Crippen LogP contribution < -0.4 is 5.32 Å². The van der Waals surface area contributed by atoms with Gasteiger partial charge in [0.1, 0.15) is 10.6 Å². The van der Waals surface area contributed by atoms with E-state index in [0.29, 0.717) is 22.2 Å². The van der Waals surface area contributed by atoms with Gasteiger partial charge in [0.2, 0.25) is 0 Å². The fourth-order valence-electron chi connectivity index (χ4n) is 1.04. The molecule has 0 radical (unpaired) electrons. The zero-order valence-corrected chi connectivity index (χ0v) is 9.31. The Labute approximate surface area is 87.1 Å². The minimum atomic E-state index is -0.914. The Hall–Kier alpha value is -1.10. The zero-order valence-electron chi connectivity index (χ0n) is 8.50. The van der Waals surface area contributed by atoms with E-state index in [9.17, 15) is 4.79 Å². The Morgan fingerprint density at radius 1 is 1.64 bits per heavy atom. The van der Waals surface area contributed by atoms with E-state index in [0.717, 1.165) is 6.54 Å². The molecule has 1 heterocycles. The van der Waals surface area contributed by atoms with E-state index in [1.807, 2.05) is 0 Å². The Morgan fingerprint density at radius 3 is 2.79 bits per heavy atom. The topological polar surface area (TPSA) is 62.2 Å². The van der Waals surface area contributed by atoms with E-state index >= 15 is 0 Å². The molecule has 4 nitrogen and oxygen atoms in total. The molecule has 1 rings (SSSR count). The highest BCUT2D eigenvalue weighted by molar-refractivity contribution is 7.10. The van der Waals surface area contributed by atoms with E-state index in [1.165, 1.54) is 11.5 Å². The van der Waals surface area contributed by atoms with E-state index in [-0.39, 0.29) is 0 Å². The summed E-state index contributed by atoms with van der Waals surface area (Å²) in [5, 5.41) is 12.7. The number of carboxylic acids is 1. The molecule has 0 atom stereocenters. The molecule has 0 fully saturated rings. The van der Waals surface area contributed by atoms with Crippen LogP contribution >= 0.6 is 11.5 Å². The van der Waals surface area contributed by atoms with Crippen LogP contribution in [-0.4, -0.2) is 22.0 Å². The van der Waals surface area contributed by atoms with Crippen molar-refractivity contribution in [2.24, 2.45) is 5.92 Å². The lowest BCUT2D eigenvalue weighted by Gasteiger charge is -2.06. The minimum absolute atomic E-state index is 0.302. The van der Waals surface area contributed by atoms with Crippen molar-refractivity contribution >= 4 is 22.5 Å². The summed E-state index contributed by atoms with van der Waals surface area (Å²) in [7, 11) is 0. The summed E-state index contributed by atoms with van der Waals surface area (Å²) in [6.07, 6.45) is 0. The summed E-state index contributed by atoms with van der Waals surface area (Å²) in [5.41, 5.74) is 0.879. The fourth-order valence-corrected chi connectivity index (χ4v) is 1.83.